The predicted molar refractivity (Wildman–Crippen MR) is 49.6 cm³/mol. The lowest BCUT2D eigenvalue weighted by Gasteiger charge is -2.35. The van der Waals surface area contributed by atoms with E-state index in [9.17, 15) is 4.79 Å². The van der Waals surface area contributed by atoms with Crippen molar-refractivity contribution in [2.75, 3.05) is 7.05 Å². The number of nitrogens with zero attached hydrogens (tertiary/aromatic N) is 1. The normalized spacial score (nSPS) is 39.1. The molecular weight excluding hydrogens is 166 g/mol. The molecule has 2 fully saturated rings. The summed E-state index contributed by atoms with van der Waals surface area (Å²) >= 11 is 0. The van der Waals surface area contributed by atoms with E-state index in [0.29, 0.717) is 12.1 Å². The van der Waals surface area contributed by atoms with Gasteiger partial charge in [-0.1, -0.05) is 0 Å². The van der Waals surface area contributed by atoms with Gasteiger partial charge >= 0.3 is 0 Å². The third kappa shape index (κ3) is 1.44. The SMILES string of the molecule is CN1[C@@H]2CC[C@H]1CC(C(=O)NN)C2. The van der Waals surface area contributed by atoms with Gasteiger partial charge in [-0.3, -0.25) is 10.2 Å². The van der Waals surface area contributed by atoms with Crippen LogP contribution in [0, 0.1) is 5.92 Å². The van der Waals surface area contributed by atoms with Gasteiger partial charge in [0.05, 0.1) is 0 Å². The molecule has 1 unspecified atom stereocenters. The Bertz CT molecular complexity index is 205. The molecule has 0 radical (unpaired) electrons. The van der Waals surface area contributed by atoms with Crippen LogP contribution in [0.15, 0.2) is 0 Å². The maximum absolute atomic E-state index is 11.3. The number of amides is 1. The molecule has 2 saturated heterocycles. The van der Waals surface area contributed by atoms with Crippen molar-refractivity contribution >= 4 is 5.91 Å². The molecule has 1 amide bonds. The maximum Gasteiger partial charge on any atom is 0.237 e. The van der Waals surface area contributed by atoms with Gasteiger partial charge in [-0.05, 0) is 32.7 Å². The zero-order valence-corrected chi connectivity index (χ0v) is 7.99. The van der Waals surface area contributed by atoms with Crippen molar-refractivity contribution in [1.82, 2.24) is 10.3 Å². The Morgan fingerprint density at radius 1 is 1.38 bits per heavy atom. The van der Waals surface area contributed by atoms with Crippen LogP contribution < -0.4 is 11.3 Å². The van der Waals surface area contributed by atoms with Crippen LogP contribution in [0.5, 0.6) is 0 Å². The minimum atomic E-state index is 0.0185. The summed E-state index contributed by atoms with van der Waals surface area (Å²) in [6.45, 7) is 0. The van der Waals surface area contributed by atoms with E-state index in [1.807, 2.05) is 0 Å². The van der Waals surface area contributed by atoms with Crippen molar-refractivity contribution in [2.24, 2.45) is 11.8 Å². The number of nitrogens with two attached hydrogens (primary N) is 1. The van der Waals surface area contributed by atoms with E-state index in [4.69, 9.17) is 5.84 Å². The molecule has 4 nitrogen and oxygen atoms in total. The fourth-order valence-corrected chi connectivity index (χ4v) is 2.74. The Hall–Kier alpha value is -0.610. The molecule has 2 aliphatic rings. The average molecular weight is 183 g/mol. The molecule has 4 heteroatoms. The predicted octanol–water partition coefficient (Wildman–Crippen LogP) is -0.151. The van der Waals surface area contributed by atoms with Gasteiger partial charge in [-0.25, -0.2) is 5.84 Å². The summed E-state index contributed by atoms with van der Waals surface area (Å²) in [4.78, 5) is 13.8. The van der Waals surface area contributed by atoms with Gasteiger partial charge in [-0.15, -0.1) is 0 Å². The fraction of sp³-hybridized carbons (Fsp3) is 0.889. The van der Waals surface area contributed by atoms with Crippen molar-refractivity contribution in [3.8, 4) is 0 Å². The summed E-state index contributed by atoms with van der Waals surface area (Å²) in [5.74, 6) is 5.31. The first-order chi connectivity index (χ1) is 6.22. The van der Waals surface area contributed by atoms with Gasteiger partial charge in [0.15, 0.2) is 0 Å². The van der Waals surface area contributed by atoms with Crippen molar-refractivity contribution in [1.29, 1.82) is 0 Å². The Morgan fingerprint density at radius 3 is 2.38 bits per heavy atom. The molecule has 2 bridgehead atoms. The van der Waals surface area contributed by atoms with Crippen molar-refractivity contribution < 1.29 is 4.79 Å². The summed E-state index contributed by atoms with van der Waals surface area (Å²) in [7, 11) is 2.17. The van der Waals surface area contributed by atoms with Crippen molar-refractivity contribution in [3.63, 3.8) is 0 Å². The summed E-state index contributed by atoms with van der Waals surface area (Å²) in [6, 6.07) is 1.22. The van der Waals surface area contributed by atoms with E-state index in [1.54, 1.807) is 0 Å². The summed E-state index contributed by atoms with van der Waals surface area (Å²) in [5, 5.41) is 0. The minimum Gasteiger partial charge on any atom is -0.300 e. The highest BCUT2D eigenvalue weighted by molar-refractivity contribution is 5.78. The largest absolute Gasteiger partial charge is 0.300 e. The summed E-state index contributed by atoms with van der Waals surface area (Å²) in [5.41, 5.74) is 2.26. The number of piperidine rings is 1. The smallest absolute Gasteiger partial charge is 0.237 e. The molecule has 0 aliphatic carbocycles. The van der Waals surface area contributed by atoms with Crippen molar-refractivity contribution in [2.45, 2.75) is 37.8 Å². The minimum absolute atomic E-state index is 0.0185. The lowest BCUT2D eigenvalue weighted by atomic mass is 9.90. The molecule has 2 aliphatic heterocycles. The van der Waals surface area contributed by atoms with Gasteiger partial charge in [0.25, 0.3) is 0 Å². The van der Waals surface area contributed by atoms with E-state index < -0.39 is 0 Å². The van der Waals surface area contributed by atoms with Gasteiger partial charge in [0.2, 0.25) is 5.91 Å². The number of fused-ring (bicyclic) bond motifs is 2. The highest BCUT2D eigenvalue weighted by Crippen LogP contribution is 2.37. The number of hydrazine groups is 1. The molecule has 2 rings (SSSR count). The number of carbonyl (C=O) groups excluding carboxylic acids is 1. The molecule has 0 saturated carbocycles. The second kappa shape index (κ2) is 3.27. The summed E-state index contributed by atoms with van der Waals surface area (Å²) < 4.78 is 0. The third-order valence-electron chi connectivity index (χ3n) is 3.61. The van der Waals surface area contributed by atoms with Gasteiger partial charge < -0.3 is 4.90 Å². The first kappa shape index (κ1) is 8.97. The van der Waals surface area contributed by atoms with E-state index >= 15 is 0 Å². The van der Waals surface area contributed by atoms with Crippen LogP contribution in [-0.2, 0) is 4.79 Å². The molecule has 13 heavy (non-hydrogen) atoms. The zero-order valence-electron chi connectivity index (χ0n) is 7.99. The zero-order chi connectivity index (χ0) is 9.42. The van der Waals surface area contributed by atoms with Crippen LogP contribution in [0.3, 0.4) is 0 Å². The average Bonchev–Trinajstić information content (AvgIpc) is 2.42. The molecule has 0 aromatic carbocycles. The van der Waals surface area contributed by atoms with E-state index in [1.165, 1.54) is 12.8 Å². The van der Waals surface area contributed by atoms with Crippen LogP contribution in [0.4, 0.5) is 0 Å². The number of carbonyl (C=O) groups is 1. The maximum atomic E-state index is 11.3. The first-order valence-corrected chi connectivity index (χ1v) is 4.94. The van der Waals surface area contributed by atoms with Crippen LogP contribution >= 0.6 is 0 Å². The van der Waals surface area contributed by atoms with Crippen LogP contribution in [-0.4, -0.2) is 29.9 Å². The molecule has 3 N–H and O–H groups in total. The van der Waals surface area contributed by atoms with Gasteiger partial charge in [-0.2, -0.15) is 0 Å². The lowest BCUT2D eigenvalue weighted by molar-refractivity contribution is -0.127. The molecule has 0 aromatic rings. The molecule has 0 spiro atoms. The van der Waals surface area contributed by atoms with Crippen LogP contribution in [0.1, 0.15) is 25.7 Å². The Balaban J connectivity index is 2.02. The van der Waals surface area contributed by atoms with E-state index in [-0.39, 0.29) is 11.8 Å². The second-order valence-corrected chi connectivity index (χ2v) is 4.23. The molecular formula is C9H17N3O. The lowest BCUT2D eigenvalue weighted by Crippen LogP contribution is -2.46. The molecule has 3 atom stereocenters. The highest BCUT2D eigenvalue weighted by atomic mass is 16.2. The van der Waals surface area contributed by atoms with Gasteiger partial charge in [0, 0.05) is 18.0 Å². The van der Waals surface area contributed by atoms with Gasteiger partial charge in [0.1, 0.15) is 0 Å². The van der Waals surface area contributed by atoms with E-state index in [0.717, 1.165) is 12.8 Å². The number of hydrogen-bond donors (Lipinski definition) is 2. The number of hydrogen-bond acceptors (Lipinski definition) is 3. The molecule has 2 heterocycles. The first-order valence-electron chi connectivity index (χ1n) is 4.94. The Kier molecular flexibility index (Phi) is 2.26. The van der Waals surface area contributed by atoms with Crippen LogP contribution in [0.2, 0.25) is 0 Å². The van der Waals surface area contributed by atoms with Crippen molar-refractivity contribution in [3.05, 3.63) is 0 Å². The molecule has 74 valence electrons. The fourth-order valence-electron chi connectivity index (χ4n) is 2.74. The second-order valence-electron chi connectivity index (χ2n) is 4.23. The molecule has 0 aromatic heterocycles. The Morgan fingerprint density at radius 2 is 1.92 bits per heavy atom. The standard InChI is InChI=1S/C9H17N3O/c1-12-7-2-3-8(12)5-6(4-7)9(13)11-10/h6-8H,2-5,10H2,1H3,(H,11,13)/t6?,7-,8+. The topological polar surface area (TPSA) is 58.4 Å². The van der Waals surface area contributed by atoms with E-state index in [2.05, 4.69) is 17.4 Å². The van der Waals surface area contributed by atoms with Crippen LogP contribution in [0.25, 0.3) is 0 Å². The quantitative estimate of drug-likeness (QED) is 0.337. The number of nitrogens with one attached hydrogen (secondary N) is 1. The monoisotopic (exact) mass is 183 g/mol. The Labute approximate surface area is 78.4 Å². The summed E-state index contributed by atoms with van der Waals surface area (Å²) in [6.07, 6.45) is 4.46. The third-order valence-corrected chi connectivity index (χ3v) is 3.61. The highest BCUT2D eigenvalue weighted by Gasteiger charge is 2.40. The number of rotatable bonds is 1.